The fourth-order valence-corrected chi connectivity index (χ4v) is 0.593. The number of aliphatic hydroxyl groups is 1. The van der Waals surface area contributed by atoms with Gasteiger partial charge in [0.15, 0.2) is 5.78 Å². The van der Waals surface area contributed by atoms with Crippen molar-refractivity contribution in [1.82, 2.24) is 5.32 Å². The van der Waals surface area contributed by atoms with Crippen LogP contribution >= 0.6 is 0 Å². The lowest BCUT2D eigenvalue weighted by Gasteiger charge is -2.00. The molecule has 4 heteroatoms. The van der Waals surface area contributed by atoms with Gasteiger partial charge in [-0.05, 0) is 0 Å². The van der Waals surface area contributed by atoms with Gasteiger partial charge < -0.3 is 15.8 Å². The molecule has 0 fully saturated rings. The summed E-state index contributed by atoms with van der Waals surface area (Å²) in [6, 6.07) is 0. The molecule has 0 amide bonds. The number of ketones is 1. The van der Waals surface area contributed by atoms with Crippen molar-refractivity contribution in [1.29, 1.82) is 5.41 Å². The molecule has 0 aromatic carbocycles. The van der Waals surface area contributed by atoms with Gasteiger partial charge in [0.2, 0.25) is 0 Å². The van der Waals surface area contributed by atoms with Gasteiger partial charge in [0, 0.05) is 26.4 Å². The van der Waals surface area contributed by atoms with Gasteiger partial charge in [-0.2, -0.15) is 0 Å². The van der Waals surface area contributed by atoms with Crippen molar-refractivity contribution in [2.24, 2.45) is 0 Å². The van der Waals surface area contributed by atoms with Gasteiger partial charge in [-0.1, -0.05) is 0 Å². The van der Waals surface area contributed by atoms with Gasteiger partial charge in [-0.25, -0.2) is 0 Å². The lowest BCUT2D eigenvalue weighted by molar-refractivity contribution is -0.111. The van der Waals surface area contributed by atoms with E-state index in [1.54, 1.807) is 0 Å². The number of nitrogens with one attached hydrogen (secondary N) is 2. The summed E-state index contributed by atoms with van der Waals surface area (Å²) in [4.78, 5) is 10.5. The summed E-state index contributed by atoms with van der Waals surface area (Å²) in [7, 11) is 0. The van der Waals surface area contributed by atoms with E-state index in [0.717, 1.165) is 0 Å². The molecule has 0 aromatic rings. The third kappa shape index (κ3) is 5.69. The molecule has 0 aliphatic carbocycles. The van der Waals surface area contributed by atoms with Crippen LogP contribution in [0.1, 0.15) is 13.3 Å². The van der Waals surface area contributed by atoms with Crippen LogP contribution in [0.25, 0.3) is 0 Å². The molecule has 0 bridgehead atoms. The normalized spacial score (nSPS) is 9.64. The summed E-state index contributed by atoms with van der Waals surface area (Å²) in [5, 5.41) is 18.4. The summed E-state index contributed by atoms with van der Waals surface area (Å²) in [6.45, 7) is 2.58. The molecule has 0 atom stereocenters. The van der Waals surface area contributed by atoms with E-state index in [4.69, 9.17) is 10.5 Å². The van der Waals surface area contributed by atoms with Crippen molar-refractivity contribution in [3.8, 4) is 0 Å². The quantitative estimate of drug-likeness (QED) is 0.362. The van der Waals surface area contributed by atoms with Gasteiger partial charge in [0.1, 0.15) is 0 Å². The topological polar surface area (TPSA) is 73.2 Å². The maximum absolute atomic E-state index is 10.5. The lowest BCUT2D eigenvalue weighted by atomic mass is 10.2. The highest BCUT2D eigenvalue weighted by atomic mass is 16.3. The SMILES string of the molecule is CC(=O)C(=N)CCNCCO. The second-order valence-electron chi connectivity index (χ2n) is 2.26. The highest BCUT2D eigenvalue weighted by Gasteiger charge is 2.00. The van der Waals surface area contributed by atoms with Crippen molar-refractivity contribution in [2.45, 2.75) is 13.3 Å². The number of hydrogen-bond acceptors (Lipinski definition) is 4. The van der Waals surface area contributed by atoms with Crippen LogP contribution in [0.15, 0.2) is 0 Å². The molecule has 0 unspecified atom stereocenters. The average Bonchev–Trinajstić information content (AvgIpc) is 1.97. The van der Waals surface area contributed by atoms with Crippen LogP contribution in [0, 0.1) is 5.41 Å². The lowest BCUT2D eigenvalue weighted by Crippen LogP contribution is -2.23. The maximum Gasteiger partial charge on any atom is 0.173 e. The molecule has 64 valence electrons. The van der Waals surface area contributed by atoms with E-state index in [2.05, 4.69) is 5.32 Å². The first kappa shape index (κ1) is 10.3. The fourth-order valence-electron chi connectivity index (χ4n) is 0.593. The number of aliphatic hydroxyl groups excluding tert-OH is 1. The number of carbonyl (C=O) groups is 1. The molecule has 0 aliphatic rings. The van der Waals surface area contributed by atoms with Crippen LogP contribution in [0.2, 0.25) is 0 Å². The van der Waals surface area contributed by atoms with Gasteiger partial charge in [-0.3, -0.25) is 4.79 Å². The Hall–Kier alpha value is -0.740. The summed E-state index contributed by atoms with van der Waals surface area (Å²) in [5.74, 6) is -0.184. The van der Waals surface area contributed by atoms with E-state index in [1.165, 1.54) is 6.92 Å². The zero-order chi connectivity index (χ0) is 8.69. The Labute approximate surface area is 66.1 Å². The maximum atomic E-state index is 10.5. The van der Waals surface area contributed by atoms with Gasteiger partial charge in [0.05, 0.1) is 12.3 Å². The predicted octanol–water partition coefficient (Wildman–Crippen LogP) is -0.433. The van der Waals surface area contributed by atoms with E-state index >= 15 is 0 Å². The van der Waals surface area contributed by atoms with Crippen molar-refractivity contribution in [3.05, 3.63) is 0 Å². The molecule has 0 heterocycles. The molecule has 0 saturated carbocycles. The Balaban J connectivity index is 3.25. The van der Waals surface area contributed by atoms with Crippen molar-refractivity contribution in [2.75, 3.05) is 19.7 Å². The van der Waals surface area contributed by atoms with Crippen LogP contribution in [0.4, 0.5) is 0 Å². The molecule has 0 saturated heterocycles. The van der Waals surface area contributed by atoms with Crippen LogP contribution in [0.3, 0.4) is 0 Å². The second kappa shape index (κ2) is 6.00. The van der Waals surface area contributed by atoms with Crippen LogP contribution in [-0.2, 0) is 4.79 Å². The summed E-state index contributed by atoms with van der Waals surface area (Å²) in [5.41, 5.74) is 0.135. The standard InChI is InChI=1S/C7H14N2O2/c1-6(11)7(8)2-3-9-4-5-10/h8-10H,2-5H2,1H3. The van der Waals surface area contributed by atoms with E-state index in [1.807, 2.05) is 0 Å². The third-order valence-corrected chi connectivity index (χ3v) is 1.27. The van der Waals surface area contributed by atoms with Crippen LogP contribution in [-0.4, -0.2) is 36.3 Å². The van der Waals surface area contributed by atoms with Gasteiger partial charge >= 0.3 is 0 Å². The Morgan fingerprint density at radius 1 is 1.55 bits per heavy atom. The molecular formula is C7H14N2O2. The Bertz CT molecular complexity index is 145. The van der Waals surface area contributed by atoms with Gasteiger partial charge in [-0.15, -0.1) is 0 Å². The first-order chi connectivity index (χ1) is 5.18. The monoisotopic (exact) mass is 158 g/mol. The minimum Gasteiger partial charge on any atom is -0.395 e. The average molecular weight is 158 g/mol. The van der Waals surface area contributed by atoms with Crippen molar-refractivity contribution in [3.63, 3.8) is 0 Å². The molecule has 0 aromatic heterocycles. The Morgan fingerprint density at radius 2 is 2.18 bits per heavy atom. The molecule has 0 spiro atoms. The smallest absolute Gasteiger partial charge is 0.173 e. The number of rotatable bonds is 6. The largest absolute Gasteiger partial charge is 0.395 e. The van der Waals surface area contributed by atoms with Crippen molar-refractivity contribution >= 4 is 11.5 Å². The van der Waals surface area contributed by atoms with E-state index in [9.17, 15) is 4.79 Å². The minimum atomic E-state index is -0.184. The zero-order valence-electron chi connectivity index (χ0n) is 6.68. The van der Waals surface area contributed by atoms with Crippen LogP contribution in [0.5, 0.6) is 0 Å². The van der Waals surface area contributed by atoms with Crippen LogP contribution < -0.4 is 5.32 Å². The van der Waals surface area contributed by atoms with E-state index in [0.29, 0.717) is 19.5 Å². The number of hydrogen-bond donors (Lipinski definition) is 3. The van der Waals surface area contributed by atoms with Gasteiger partial charge in [0.25, 0.3) is 0 Å². The zero-order valence-corrected chi connectivity index (χ0v) is 6.68. The minimum absolute atomic E-state index is 0.0907. The van der Waals surface area contributed by atoms with Crippen molar-refractivity contribution < 1.29 is 9.90 Å². The predicted molar refractivity (Wildman–Crippen MR) is 43.0 cm³/mol. The molecule has 4 nitrogen and oxygen atoms in total. The highest BCUT2D eigenvalue weighted by molar-refractivity contribution is 6.37. The number of carbonyl (C=O) groups excluding carboxylic acids is 1. The molecule has 0 aliphatic heterocycles. The summed E-state index contributed by atoms with van der Waals surface area (Å²) < 4.78 is 0. The first-order valence-corrected chi connectivity index (χ1v) is 3.58. The summed E-state index contributed by atoms with van der Waals surface area (Å²) >= 11 is 0. The molecule has 11 heavy (non-hydrogen) atoms. The fraction of sp³-hybridized carbons (Fsp3) is 0.714. The van der Waals surface area contributed by atoms with E-state index in [-0.39, 0.29) is 18.1 Å². The molecule has 0 radical (unpaired) electrons. The summed E-state index contributed by atoms with van der Waals surface area (Å²) in [6.07, 6.45) is 0.440. The van der Waals surface area contributed by atoms with E-state index < -0.39 is 0 Å². The first-order valence-electron chi connectivity index (χ1n) is 3.58. The highest BCUT2D eigenvalue weighted by Crippen LogP contribution is 1.82. The second-order valence-corrected chi connectivity index (χ2v) is 2.26. The Kier molecular flexibility index (Phi) is 5.60. The number of Topliss-reactive ketones (excluding diaryl/α,β-unsaturated/α-hetero) is 1. The molecular weight excluding hydrogens is 144 g/mol. The molecule has 0 rings (SSSR count). The molecule has 3 N–H and O–H groups in total. The third-order valence-electron chi connectivity index (χ3n) is 1.27. The Morgan fingerprint density at radius 3 is 2.64 bits per heavy atom.